The minimum Gasteiger partial charge on any atom is -0.494 e. The number of rotatable bonds is 11. The summed E-state index contributed by atoms with van der Waals surface area (Å²) in [7, 11) is 0. The van der Waals surface area contributed by atoms with Gasteiger partial charge in [0.25, 0.3) is 5.91 Å². The number of nitrogens with zero attached hydrogens (tertiary/aromatic N) is 3. The highest BCUT2D eigenvalue weighted by atomic mass is 16.5. The lowest BCUT2D eigenvalue weighted by Crippen LogP contribution is -2.42. The number of hydrogen-bond donors (Lipinski definition) is 1. The molecule has 1 aliphatic heterocycles. The molecule has 0 atom stereocenters. The fraction of sp³-hybridized carbons (Fsp3) is 0.500. The Bertz CT molecular complexity index is 786. The standard InChI is InChI=1S/C22H30N4O4/c1-2-3-15-29-19-8-6-18(7-9-19)22(28)26(14-13-25-11-4-5-12-25)17-21(27)23-20-10-16-30-24-20/h6-10,16H,2-5,11-15,17H2,1H3,(H,23,24,27). The maximum atomic E-state index is 13.1. The normalized spacial score (nSPS) is 13.9. The third kappa shape index (κ3) is 6.59. The van der Waals surface area contributed by atoms with Crippen LogP contribution in [0.3, 0.4) is 0 Å². The first-order valence-corrected chi connectivity index (χ1v) is 10.6. The number of likely N-dealkylation sites (tertiary alicyclic amines) is 1. The molecule has 0 aliphatic carbocycles. The Morgan fingerprint density at radius 2 is 1.97 bits per heavy atom. The third-order valence-corrected chi connectivity index (χ3v) is 5.08. The molecule has 1 N–H and O–H groups in total. The Morgan fingerprint density at radius 3 is 2.63 bits per heavy atom. The number of benzene rings is 1. The molecule has 2 heterocycles. The summed E-state index contributed by atoms with van der Waals surface area (Å²) in [6.07, 6.45) is 5.81. The SMILES string of the molecule is CCCCOc1ccc(C(=O)N(CCN2CCCC2)CC(=O)Nc2ccon2)cc1. The Morgan fingerprint density at radius 1 is 1.20 bits per heavy atom. The molecule has 1 aliphatic rings. The van der Waals surface area contributed by atoms with Gasteiger partial charge in [0.15, 0.2) is 5.82 Å². The highest BCUT2D eigenvalue weighted by Gasteiger charge is 2.21. The molecule has 162 valence electrons. The van der Waals surface area contributed by atoms with Gasteiger partial charge in [0.2, 0.25) is 5.91 Å². The fourth-order valence-corrected chi connectivity index (χ4v) is 3.36. The number of carbonyl (C=O) groups excluding carboxylic acids is 2. The quantitative estimate of drug-likeness (QED) is 0.569. The summed E-state index contributed by atoms with van der Waals surface area (Å²) in [6, 6.07) is 8.67. The second-order valence-electron chi connectivity index (χ2n) is 7.43. The van der Waals surface area contributed by atoms with Crippen LogP contribution in [-0.4, -0.2) is 66.1 Å². The van der Waals surface area contributed by atoms with E-state index in [0.717, 1.165) is 38.2 Å². The fourth-order valence-electron chi connectivity index (χ4n) is 3.36. The lowest BCUT2D eigenvalue weighted by atomic mass is 10.2. The molecule has 0 bridgehead atoms. The maximum Gasteiger partial charge on any atom is 0.254 e. The Kier molecular flexibility index (Phi) is 8.26. The number of anilines is 1. The molecule has 8 heteroatoms. The number of hydrogen-bond acceptors (Lipinski definition) is 6. The van der Waals surface area contributed by atoms with Crippen LogP contribution in [0.5, 0.6) is 5.75 Å². The van der Waals surface area contributed by atoms with Crippen molar-refractivity contribution in [2.45, 2.75) is 32.6 Å². The molecule has 0 unspecified atom stereocenters. The second-order valence-corrected chi connectivity index (χ2v) is 7.43. The Labute approximate surface area is 177 Å². The van der Waals surface area contributed by atoms with Crippen LogP contribution >= 0.6 is 0 Å². The largest absolute Gasteiger partial charge is 0.494 e. The van der Waals surface area contributed by atoms with Crippen LogP contribution in [0.15, 0.2) is 41.1 Å². The van der Waals surface area contributed by atoms with Gasteiger partial charge in [0.1, 0.15) is 18.6 Å². The molecule has 3 rings (SSSR count). The van der Waals surface area contributed by atoms with Gasteiger partial charge in [-0.25, -0.2) is 0 Å². The summed E-state index contributed by atoms with van der Waals surface area (Å²) in [5, 5.41) is 6.34. The van der Waals surface area contributed by atoms with Gasteiger partial charge in [-0.05, 0) is 56.6 Å². The summed E-state index contributed by atoms with van der Waals surface area (Å²) in [6.45, 7) is 6.04. The van der Waals surface area contributed by atoms with E-state index in [0.29, 0.717) is 24.5 Å². The minimum atomic E-state index is -0.307. The lowest BCUT2D eigenvalue weighted by molar-refractivity contribution is -0.117. The zero-order valence-electron chi connectivity index (χ0n) is 17.5. The van der Waals surface area contributed by atoms with Crippen molar-refractivity contribution in [3.05, 3.63) is 42.2 Å². The molecule has 2 amide bonds. The Hall–Kier alpha value is -2.87. The van der Waals surface area contributed by atoms with Gasteiger partial charge in [0.05, 0.1) is 6.61 Å². The van der Waals surface area contributed by atoms with E-state index in [1.54, 1.807) is 35.2 Å². The zero-order valence-corrected chi connectivity index (χ0v) is 17.5. The number of carbonyl (C=O) groups is 2. The number of amides is 2. The lowest BCUT2D eigenvalue weighted by Gasteiger charge is -2.25. The average molecular weight is 415 g/mol. The van der Waals surface area contributed by atoms with Crippen LogP contribution in [0.4, 0.5) is 5.82 Å². The molecule has 2 aromatic rings. The maximum absolute atomic E-state index is 13.1. The first kappa shape index (κ1) is 21.8. The van der Waals surface area contributed by atoms with Crippen LogP contribution in [-0.2, 0) is 4.79 Å². The predicted molar refractivity (Wildman–Crippen MR) is 114 cm³/mol. The highest BCUT2D eigenvalue weighted by molar-refractivity contribution is 5.99. The monoisotopic (exact) mass is 414 g/mol. The van der Waals surface area contributed by atoms with E-state index in [1.807, 2.05) is 0 Å². The molecule has 1 fully saturated rings. The molecule has 1 aromatic carbocycles. The van der Waals surface area contributed by atoms with Crippen molar-refractivity contribution < 1.29 is 18.8 Å². The summed E-state index contributed by atoms with van der Waals surface area (Å²) in [5.74, 6) is 0.593. The number of ether oxygens (including phenoxy) is 1. The molecule has 1 saturated heterocycles. The zero-order chi connectivity index (χ0) is 21.2. The van der Waals surface area contributed by atoms with E-state index in [4.69, 9.17) is 9.26 Å². The van der Waals surface area contributed by atoms with Crippen molar-refractivity contribution >= 4 is 17.6 Å². The van der Waals surface area contributed by atoms with Crippen LogP contribution in [0.25, 0.3) is 0 Å². The number of aromatic nitrogens is 1. The van der Waals surface area contributed by atoms with Crippen molar-refractivity contribution in [3.63, 3.8) is 0 Å². The van der Waals surface area contributed by atoms with E-state index in [-0.39, 0.29) is 18.4 Å². The molecular weight excluding hydrogens is 384 g/mol. The first-order valence-electron chi connectivity index (χ1n) is 10.6. The number of nitrogens with one attached hydrogen (secondary N) is 1. The summed E-state index contributed by atoms with van der Waals surface area (Å²) >= 11 is 0. The van der Waals surface area contributed by atoms with Gasteiger partial charge < -0.3 is 24.4 Å². The van der Waals surface area contributed by atoms with E-state index in [2.05, 4.69) is 22.3 Å². The molecule has 1 aromatic heterocycles. The first-order chi connectivity index (χ1) is 14.7. The second kappa shape index (κ2) is 11.3. The van der Waals surface area contributed by atoms with Crippen molar-refractivity contribution in [1.82, 2.24) is 15.0 Å². The van der Waals surface area contributed by atoms with Crippen molar-refractivity contribution in [3.8, 4) is 5.75 Å². The van der Waals surface area contributed by atoms with Crippen LogP contribution in [0.1, 0.15) is 43.0 Å². The molecule has 0 radical (unpaired) electrons. The van der Waals surface area contributed by atoms with Gasteiger partial charge in [-0.2, -0.15) is 0 Å². The molecule has 8 nitrogen and oxygen atoms in total. The minimum absolute atomic E-state index is 0.0473. The van der Waals surface area contributed by atoms with Crippen molar-refractivity contribution in [1.29, 1.82) is 0 Å². The molecular formula is C22H30N4O4. The summed E-state index contributed by atoms with van der Waals surface area (Å²) in [5.41, 5.74) is 0.536. The van der Waals surface area contributed by atoms with Crippen LogP contribution in [0.2, 0.25) is 0 Å². The molecule has 0 saturated carbocycles. The van der Waals surface area contributed by atoms with Gasteiger partial charge >= 0.3 is 0 Å². The van der Waals surface area contributed by atoms with E-state index < -0.39 is 0 Å². The van der Waals surface area contributed by atoms with E-state index >= 15 is 0 Å². The van der Waals surface area contributed by atoms with E-state index in [9.17, 15) is 9.59 Å². The van der Waals surface area contributed by atoms with Crippen LogP contribution in [0, 0.1) is 0 Å². The summed E-state index contributed by atoms with van der Waals surface area (Å²) < 4.78 is 10.4. The number of unbranched alkanes of at least 4 members (excludes halogenated alkanes) is 1. The smallest absolute Gasteiger partial charge is 0.254 e. The molecule has 0 spiro atoms. The summed E-state index contributed by atoms with van der Waals surface area (Å²) in [4.78, 5) is 29.4. The topological polar surface area (TPSA) is 87.9 Å². The average Bonchev–Trinajstić information content (AvgIpc) is 3.45. The van der Waals surface area contributed by atoms with Gasteiger partial charge in [-0.3, -0.25) is 9.59 Å². The van der Waals surface area contributed by atoms with Crippen LogP contribution < -0.4 is 10.1 Å². The Balaban J connectivity index is 1.62. The van der Waals surface area contributed by atoms with Gasteiger partial charge in [0, 0.05) is 24.7 Å². The van der Waals surface area contributed by atoms with Gasteiger partial charge in [-0.15, -0.1) is 0 Å². The predicted octanol–water partition coefficient (Wildman–Crippen LogP) is 3.03. The van der Waals surface area contributed by atoms with E-state index in [1.165, 1.54) is 19.1 Å². The molecule has 30 heavy (non-hydrogen) atoms. The van der Waals surface area contributed by atoms with Gasteiger partial charge in [-0.1, -0.05) is 18.5 Å². The highest BCUT2D eigenvalue weighted by Crippen LogP contribution is 2.15. The van der Waals surface area contributed by atoms with Crippen molar-refractivity contribution in [2.75, 3.05) is 44.6 Å². The third-order valence-electron chi connectivity index (χ3n) is 5.08. The van der Waals surface area contributed by atoms with Crippen molar-refractivity contribution in [2.24, 2.45) is 0 Å².